The van der Waals surface area contributed by atoms with Gasteiger partial charge in [0.1, 0.15) is 0 Å². The van der Waals surface area contributed by atoms with E-state index in [0.717, 1.165) is 26.1 Å². The number of carbonyl (C=O) groups is 1. The number of hydrogen-bond donors (Lipinski definition) is 1. The van der Waals surface area contributed by atoms with Crippen LogP contribution in [0.1, 0.15) is 17.0 Å². The number of halogens is 1. The van der Waals surface area contributed by atoms with E-state index in [1.165, 1.54) is 16.8 Å². The van der Waals surface area contributed by atoms with Gasteiger partial charge < -0.3 is 10.2 Å². The number of amides is 1. The third-order valence-corrected chi connectivity index (χ3v) is 4.22. The predicted molar refractivity (Wildman–Crippen MR) is 68.8 cm³/mol. The van der Waals surface area contributed by atoms with E-state index >= 15 is 0 Å². The van der Waals surface area contributed by atoms with E-state index < -0.39 is 0 Å². The largest absolute Gasteiger partial charge is 0.315 e. The predicted octanol–water partition coefficient (Wildman–Crippen LogP) is 1.31. The number of fused-ring (bicyclic) bond motifs is 2. The van der Waals surface area contributed by atoms with Crippen LogP contribution in [0.15, 0.2) is 18.2 Å². The Morgan fingerprint density at radius 1 is 1.24 bits per heavy atom. The van der Waals surface area contributed by atoms with Crippen molar-refractivity contribution in [3.05, 3.63) is 29.3 Å². The van der Waals surface area contributed by atoms with Crippen LogP contribution in [0.2, 0.25) is 0 Å². The van der Waals surface area contributed by atoms with Crippen LogP contribution in [0, 0.1) is 5.92 Å². The summed E-state index contributed by atoms with van der Waals surface area (Å²) in [6.45, 7) is 2.69. The number of para-hydroxylation sites is 1. The molecule has 1 N–H and O–H groups in total. The highest BCUT2D eigenvalue weighted by Gasteiger charge is 2.45. The number of anilines is 1. The van der Waals surface area contributed by atoms with Crippen molar-refractivity contribution in [1.82, 2.24) is 5.32 Å². The summed E-state index contributed by atoms with van der Waals surface area (Å²) in [6.07, 6.45) is 1.03. The highest BCUT2D eigenvalue weighted by molar-refractivity contribution is 6.01. The Labute approximate surface area is 107 Å². The van der Waals surface area contributed by atoms with Crippen molar-refractivity contribution in [2.45, 2.75) is 12.3 Å². The zero-order valence-electron chi connectivity index (χ0n) is 9.48. The second kappa shape index (κ2) is 3.72. The monoisotopic (exact) mass is 250 g/mol. The number of carbonyl (C=O) groups excluding carboxylic acids is 1. The van der Waals surface area contributed by atoms with Crippen LogP contribution in [-0.4, -0.2) is 25.5 Å². The normalized spacial score (nSPS) is 28.7. The average molecular weight is 251 g/mol. The van der Waals surface area contributed by atoms with Crippen LogP contribution in [-0.2, 0) is 11.2 Å². The van der Waals surface area contributed by atoms with Crippen LogP contribution in [0.4, 0.5) is 5.69 Å². The lowest BCUT2D eigenvalue weighted by molar-refractivity contribution is -0.122. The Bertz CT molecular complexity index is 488. The van der Waals surface area contributed by atoms with E-state index in [0.29, 0.717) is 11.8 Å². The molecule has 0 radical (unpaired) electrons. The Morgan fingerprint density at radius 3 is 2.94 bits per heavy atom. The van der Waals surface area contributed by atoms with Crippen LogP contribution in [0.5, 0.6) is 0 Å². The molecule has 0 unspecified atom stereocenters. The number of hydrogen-bond acceptors (Lipinski definition) is 2. The topological polar surface area (TPSA) is 32.3 Å². The maximum atomic E-state index is 12.3. The maximum Gasteiger partial charge on any atom is 0.232 e. The third-order valence-electron chi connectivity index (χ3n) is 4.22. The summed E-state index contributed by atoms with van der Waals surface area (Å²) in [5.41, 5.74) is 3.98. The van der Waals surface area contributed by atoms with Crippen molar-refractivity contribution < 1.29 is 4.79 Å². The van der Waals surface area contributed by atoms with Crippen molar-refractivity contribution in [3.63, 3.8) is 0 Å². The van der Waals surface area contributed by atoms with Gasteiger partial charge in [0, 0.05) is 25.6 Å². The molecule has 0 saturated carbocycles. The van der Waals surface area contributed by atoms with Crippen molar-refractivity contribution >= 4 is 24.0 Å². The average Bonchev–Trinajstić information content (AvgIpc) is 2.93. The van der Waals surface area contributed by atoms with Gasteiger partial charge in [-0.15, -0.1) is 12.4 Å². The summed E-state index contributed by atoms with van der Waals surface area (Å²) in [5.74, 6) is 0.935. The van der Waals surface area contributed by atoms with Gasteiger partial charge in [0.2, 0.25) is 5.91 Å². The van der Waals surface area contributed by atoms with Crippen molar-refractivity contribution in [2.24, 2.45) is 5.92 Å². The van der Waals surface area contributed by atoms with Gasteiger partial charge in [-0.3, -0.25) is 4.79 Å². The lowest BCUT2D eigenvalue weighted by Gasteiger charge is -2.33. The smallest absolute Gasteiger partial charge is 0.232 e. The van der Waals surface area contributed by atoms with Crippen LogP contribution < -0.4 is 10.2 Å². The quantitative estimate of drug-likeness (QED) is 0.753. The van der Waals surface area contributed by atoms with Gasteiger partial charge in [-0.2, -0.15) is 0 Å². The molecule has 17 heavy (non-hydrogen) atoms. The second-order valence-corrected chi connectivity index (χ2v) is 4.97. The highest BCUT2D eigenvalue weighted by Crippen LogP contribution is 2.45. The molecule has 4 heteroatoms. The molecule has 3 nitrogen and oxygen atoms in total. The molecule has 3 aliphatic heterocycles. The summed E-state index contributed by atoms with van der Waals surface area (Å²) in [4.78, 5) is 14.3. The van der Waals surface area contributed by atoms with Crippen molar-refractivity contribution in [1.29, 1.82) is 0 Å². The third kappa shape index (κ3) is 1.30. The van der Waals surface area contributed by atoms with Gasteiger partial charge in [-0.05, 0) is 17.5 Å². The molecule has 1 amide bonds. The first-order chi connectivity index (χ1) is 7.86. The molecule has 4 rings (SSSR count). The van der Waals surface area contributed by atoms with Crippen LogP contribution in [0.3, 0.4) is 0 Å². The molecule has 1 aromatic rings. The fraction of sp³-hybridized carbons (Fsp3) is 0.462. The molecule has 1 fully saturated rings. The maximum absolute atomic E-state index is 12.3. The molecule has 90 valence electrons. The van der Waals surface area contributed by atoms with Gasteiger partial charge in [0.15, 0.2) is 0 Å². The Morgan fingerprint density at radius 2 is 2.06 bits per heavy atom. The minimum absolute atomic E-state index is 0. The fourth-order valence-electron chi connectivity index (χ4n) is 3.47. The number of nitrogens with zero attached hydrogens (tertiary/aromatic N) is 1. The van der Waals surface area contributed by atoms with Crippen LogP contribution in [0.25, 0.3) is 0 Å². The Kier molecular flexibility index (Phi) is 2.42. The van der Waals surface area contributed by atoms with Gasteiger partial charge in [-0.25, -0.2) is 0 Å². The van der Waals surface area contributed by atoms with Gasteiger partial charge in [-0.1, -0.05) is 18.2 Å². The first-order valence-corrected chi connectivity index (χ1v) is 6.00. The van der Waals surface area contributed by atoms with E-state index in [4.69, 9.17) is 0 Å². The molecule has 3 aliphatic rings. The zero-order valence-corrected chi connectivity index (χ0v) is 10.3. The van der Waals surface area contributed by atoms with Crippen molar-refractivity contribution in [3.8, 4) is 0 Å². The number of rotatable bonds is 0. The molecule has 1 saturated heterocycles. The second-order valence-electron chi connectivity index (χ2n) is 4.97. The minimum Gasteiger partial charge on any atom is -0.315 e. The van der Waals surface area contributed by atoms with E-state index in [2.05, 4.69) is 23.5 Å². The lowest BCUT2D eigenvalue weighted by Crippen LogP contribution is -2.41. The van der Waals surface area contributed by atoms with E-state index in [1.807, 2.05) is 4.90 Å². The summed E-state index contributed by atoms with van der Waals surface area (Å²) < 4.78 is 0. The van der Waals surface area contributed by atoms with Gasteiger partial charge >= 0.3 is 0 Å². The number of nitrogens with one attached hydrogen (secondary N) is 1. The van der Waals surface area contributed by atoms with E-state index in [-0.39, 0.29) is 18.3 Å². The molecule has 3 heterocycles. The SMILES string of the molecule is Cl.O=C1[C@@H]2CNC[C@@H]2c2cccc3c2N1CC3. The molecule has 2 atom stereocenters. The molecular formula is C13H15ClN2O. The minimum atomic E-state index is 0. The standard InChI is InChI=1S/C13H14N2O.ClH/c16-13-11-7-14-6-10(11)9-3-1-2-8-4-5-15(13)12(8)9;/h1-3,10-11,14H,4-7H2;1H/t10-,11-;/m1./s1. The summed E-state index contributed by atoms with van der Waals surface area (Å²) in [7, 11) is 0. The highest BCUT2D eigenvalue weighted by atomic mass is 35.5. The Balaban J connectivity index is 0.000000902. The first kappa shape index (κ1) is 11.1. The zero-order chi connectivity index (χ0) is 10.7. The van der Waals surface area contributed by atoms with Crippen molar-refractivity contribution in [2.75, 3.05) is 24.5 Å². The van der Waals surface area contributed by atoms with Crippen LogP contribution >= 0.6 is 12.4 Å². The molecule has 0 bridgehead atoms. The molecule has 0 spiro atoms. The molecule has 0 aliphatic carbocycles. The fourth-order valence-corrected chi connectivity index (χ4v) is 3.47. The summed E-state index contributed by atoms with van der Waals surface area (Å²) >= 11 is 0. The molecule has 1 aromatic carbocycles. The number of benzene rings is 1. The lowest BCUT2D eigenvalue weighted by atomic mass is 9.83. The van der Waals surface area contributed by atoms with E-state index in [9.17, 15) is 4.79 Å². The van der Waals surface area contributed by atoms with Gasteiger partial charge in [0.25, 0.3) is 0 Å². The summed E-state index contributed by atoms with van der Waals surface area (Å²) in [6, 6.07) is 6.51. The summed E-state index contributed by atoms with van der Waals surface area (Å²) in [5, 5.41) is 3.35. The first-order valence-electron chi connectivity index (χ1n) is 6.00. The van der Waals surface area contributed by atoms with Gasteiger partial charge in [0.05, 0.1) is 11.6 Å². The molecular weight excluding hydrogens is 236 g/mol. The Hall–Kier alpha value is -1.06. The van der Waals surface area contributed by atoms with E-state index in [1.54, 1.807) is 0 Å². The molecule has 0 aromatic heterocycles.